The van der Waals surface area contributed by atoms with Crippen LogP contribution >= 0.6 is 0 Å². The van der Waals surface area contributed by atoms with E-state index in [1.807, 2.05) is 60.3 Å². The first-order valence-corrected chi connectivity index (χ1v) is 14.6. The molecule has 4 aromatic heterocycles. The number of aryl methyl sites for hydroxylation is 1. The normalized spacial score (nSPS) is 16.2. The fourth-order valence-electron chi connectivity index (χ4n) is 6.17. The van der Waals surface area contributed by atoms with Crippen LogP contribution in [0.1, 0.15) is 47.3 Å². The van der Waals surface area contributed by atoms with Gasteiger partial charge in [-0.25, -0.2) is 4.98 Å². The maximum absolute atomic E-state index is 13.4. The summed E-state index contributed by atoms with van der Waals surface area (Å²) in [7, 11) is 0. The van der Waals surface area contributed by atoms with Crippen LogP contribution in [-0.2, 0) is 6.54 Å². The number of ether oxygens (including phenoxy) is 1. The molecule has 0 radical (unpaired) electrons. The van der Waals surface area contributed by atoms with Crippen LogP contribution in [0.25, 0.3) is 16.6 Å². The van der Waals surface area contributed by atoms with Gasteiger partial charge in [0.15, 0.2) is 0 Å². The molecule has 0 aliphatic carbocycles. The third-order valence-corrected chi connectivity index (χ3v) is 8.44. The Morgan fingerprint density at radius 1 is 1.14 bits per heavy atom. The summed E-state index contributed by atoms with van der Waals surface area (Å²) in [6.07, 6.45) is 3.44. The molecule has 0 atom stereocenters. The lowest BCUT2D eigenvalue weighted by Crippen LogP contribution is -2.71. The first kappa shape index (κ1) is 26.6. The second-order valence-electron chi connectivity index (χ2n) is 12.0. The predicted molar refractivity (Wildman–Crippen MR) is 162 cm³/mol. The molecule has 1 amide bonds. The van der Waals surface area contributed by atoms with E-state index in [1.54, 1.807) is 10.6 Å². The zero-order chi connectivity index (χ0) is 28.8. The standard InChI is InChI=1S/C32H36N8O2/c1-21(2)25-7-4-6-23(35-25)16-40-27-9-5-8-26(30(27)22(3)37-40)36-31(41)28-15-34-29-14-24(10-11-39(28)29)42-13-12-38-19-32(20-38)17-33-18-32/h4-11,14-15,21,33H,12-13,16-20H2,1-3H3,(H,36,41). The second-order valence-corrected chi connectivity index (χ2v) is 12.0. The van der Waals surface area contributed by atoms with E-state index in [2.05, 4.69) is 40.4 Å². The van der Waals surface area contributed by atoms with Gasteiger partial charge in [0.1, 0.15) is 23.7 Å². The molecule has 0 unspecified atom stereocenters. The van der Waals surface area contributed by atoms with Crippen LogP contribution in [-0.4, -0.2) is 74.3 Å². The number of carbonyl (C=O) groups excluding carboxylic acids is 1. The van der Waals surface area contributed by atoms with Crippen molar-refractivity contribution in [3.63, 3.8) is 0 Å². The smallest absolute Gasteiger partial charge is 0.274 e. The molecule has 0 bridgehead atoms. The third kappa shape index (κ3) is 4.90. The van der Waals surface area contributed by atoms with E-state index in [0.717, 1.165) is 66.5 Å². The monoisotopic (exact) mass is 564 g/mol. The number of likely N-dealkylation sites (tertiary alicyclic amines) is 1. The van der Waals surface area contributed by atoms with Gasteiger partial charge in [0.25, 0.3) is 5.91 Å². The first-order valence-electron chi connectivity index (χ1n) is 14.6. The zero-order valence-electron chi connectivity index (χ0n) is 24.3. The maximum Gasteiger partial charge on any atom is 0.274 e. The van der Waals surface area contributed by atoms with Crippen molar-refractivity contribution in [3.05, 3.63) is 83.7 Å². The van der Waals surface area contributed by atoms with Crippen LogP contribution in [0.3, 0.4) is 0 Å². The molecule has 10 nitrogen and oxygen atoms in total. The van der Waals surface area contributed by atoms with Crippen molar-refractivity contribution in [3.8, 4) is 5.75 Å². The highest BCUT2D eigenvalue weighted by atomic mass is 16.5. The fourth-order valence-corrected chi connectivity index (χ4v) is 6.17. The van der Waals surface area contributed by atoms with Gasteiger partial charge in [0, 0.05) is 61.5 Å². The maximum atomic E-state index is 13.4. The number of nitrogens with zero attached hydrogens (tertiary/aromatic N) is 6. The van der Waals surface area contributed by atoms with Crippen molar-refractivity contribution in [1.82, 2.24) is 34.4 Å². The van der Waals surface area contributed by atoms with Crippen LogP contribution in [0.15, 0.2) is 60.9 Å². The average Bonchev–Trinajstić information content (AvgIpc) is 3.50. The summed E-state index contributed by atoms with van der Waals surface area (Å²) >= 11 is 0. The minimum atomic E-state index is -0.237. The molecule has 10 heteroatoms. The number of amides is 1. The molecular formula is C32H36N8O2. The number of anilines is 1. The number of rotatable bonds is 9. The predicted octanol–water partition coefficient (Wildman–Crippen LogP) is 4.10. The van der Waals surface area contributed by atoms with E-state index >= 15 is 0 Å². The van der Waals surface area contributed by atoms with E-state index < -0.39 is 0 Å². The lowest BCUT2D eigenvalue weighted by molar-refractivity contribution is -0.0440. The number of fused-ring (bicyclic) bond motifs is 2. The summed E-state index contributed by atoms with van der Waals surface area (Å²) < 4.78 is 9.74. The Hall–Kier alpha value is -4.28. The highest BCUT2D eigenvalue weighted by Gasteiger charge is 2.46. The lowest BCUT2D eigenvalue weighted by Gasteiger charge is -2.56. The topological polar surface area (TPSA) is 102 Å². The fraction of sp³-hybridized carbons (Fsp3) is 0.375. The molecule has 1 spiro atoms. The molecule has 6 heterocycles. The highest BCUT2D eigenvalue weighted by molar-refractivity contribution is 6.08. The number of imidazole rings is 1. The van der Waals surface area contributed by atoms with Crippen molar-refractivity contribution in [1.29, 1.82) is 0 Å². The van der Waals surface area contributed by atoms with Gasteiger partial charge in [-0.1, -0.05) is 26.0 Å². The van der Waals surface area contributed by atoms with Crippen molar-refractivity contribution < 1.29 is 9.53 Å². The van der Waals surface area contributed by atoms with E-state index in [-0.39, 0.29) is 5.91 Å². The van der Waals surface area contributed by atoms with Gasteiger partial charge < -0.3 is 15.4 Å². The van der Waals surface area contributed by atoms with Gasteiger partial charge in [-0.05, 0) is 43.2 Å². The minimum Gasteiger partial charge on any atom is -0.492 e. The van der Waals surface area contributed by atoms with Crippen molar-refractivity contribution in [2.45, 2.75) is 33.2 Å². The summed E-state index contributed by atoms with van der Waals surface area (Å²) in [5, 5.41) is 12.2. The van der Waals surface area contributed by atoms with Gasteiger partial charge >= 0.3 is 0 Å². The number of hydrogen-bond acceptors (Lipinski definition) is 7. The summed E-state index contributed by atoms with van der Waals surface area (Å²) in [6, 6.07) is 15.8. The Kier molecular flexibility index (Phi) is 6.67. The Labute approximate surface area is 244 Å². The molecule has 1 aromatic carbocycles. The molecule has 0 saturated carbocycles. The quantitative estimate of drug-likeness (QED) is 0.278. The van der Waals surface area contributed by atoms with E-state index in [0.29, 0.717) is 41.5 Å². The largest absolute Gasteiger partial charge is 0.492 e. The Morgan fingerprint density at radius 2 is 1.98 bits per heavy atom. The molecule has 2 aliphatic heterocycles. The van der Waals surface area contributed by atoms with Crippen LogP contribution < -0.4 is 15.4 Å². The SMILES string of the molecule is Cc1nn(Cc2cccc(C(C)C)n2)c2cccc(NC(=O)c3cnc4cc(OCCN5CC6(CNC6)C5)ccn34)c12. The van der Waals surface area contributed by atoms with E-state index in [9.17, 15) is 4.79 Å². The molecule has 2 aliphatic rings. The number of benzene rings is 1. The van der Waals surface area contributed by atoms with Crippen LogP contribution in [0.2, 0.25) is 0 Å². The first-order chi connectivity index (χ1) is 20.4. The number of nitrogens with one attached hydrogen (secondary N) is 2. The second kappa shape index (κ2) is 10.5. The molecule has 216 valence electrons. The molecular weight excluding hydrogens is 528 g/mol. The third-order valence-electron chi connectivity index (χ3n) is 8.44. The Bertz CT molecular complexity index is 1780. The molecule has 2 saturated heterocycles. The Morgan fingerprint density at radius 3 is 2.76 bits per heavy atom. The number of aromatic nitrogens is 5. The van der Waals surface area contributed by atoms with Gasteiger partial charge in [-0.3, -0.25) is 23.8 Å². The molecule has 5 aromatic rings. The van der Waals surface area contributed by atoms with Gasteiger partial charge in [-0.15, -0.1) is 0 Å². The summed E-state index contributed by atoms with van der Waals surface area (Å²) in [4.78, 5) is 25.2. The number of carbonyl (C=O) groups is 1. The highest BCUT2D eigenvalue weighted by Crippen LogP contribution is 2.33. The van der Waals surface area contributed by atoms with Crippen molar-refractivity contribution >= 4 is 28.1 Å². The van der Waals surface area contributed by atoms with Crippen molar-refractivity contribution in [2.75, 3.05) is 44.6 Å². The molecule has 7 rings (SSSR count). The summed E-state index contributed by atoms with van der Waals surface area (Å²) in [5.41, 5.74) is 6.16. The number of hydrogen-bond donors (Lipinski definition) is 2. The summed E-state index contributed by atoms with van der Waals surface area (Å²) in [5.74, 6) is 0.871. The minimum absolute atomic E-state index is 0.237. The van der Waals surface area contributed by atoms with Gasteiger partial charge in [-0.2, -0.15) is 5.10 Å². The zero-order valence-corrected chi connectivity index (χ0v) is 24.3. The van der Waals surface area contributed by atoms with Gasteiger partial charge in [0.05, 0.1) is 35.3 Å². The van der Waals surface area contributed by atoms with E-state index in [1.165, 1.54) is 0 Å². The molecule has 2 fully saturated rings. The van der Waals surface area contributed by atoms with Crippen LogP contribution in [0, 0.1) is 12.3 Å². The Balaban J connectivity index is 1.04. The van der Waals surface area contributed by atoms with Crippen LogP contribution in [0.5, 0.6) is 5.75 Å². The molecule has 2 N–H and O–H groups in total. The average molecular weight is 565 g/mol. The van der Waals surface area contributed by atoms with E-state index in [4.69, 9.17) is 14.8 Å². The van der Waals surface area contributed by atoms with Crippen molar-refractivity contribution in [2.24, 2.45) is 5.41 Å². The van der Waals surface area contributed by atoms with Crippen LogP contribution in [0.4, 0.5) is 5.69 Å². The number of pyridine rings is 2. The summed E-state index contributed by atoms with van der Waals surface area (Å²) in [6.45, 7) is 12.9. The molecule has 42 heavy (non-hydrogen) atoms. The van der Waals surface area contributed by atoms with Gasteiger partial charge in [0.2, 0.25) is 0 Å². The lowest BCUT2D eigenvalue weighted by atomic mass is 9.74.